The molecule has 1 fully saturated rings. The molecule has 2 aliphatic heterocycles. The summed E-state index contributed by atoms with van der Waals surface area (Å²) in [6.45, 7) is 4.28. The first-order valence-corrected chi connectivity index (χ1v) is 8.01. The van der Waals surface area contributed by atoms with Crippen molar-refractivity contribution in [2.75, 3.05) is 20.2 Å². The summed E-state index contributed by atoms with van der Waals surface area (Å²) in [7, 11) is 1.21. The summed E-state index contributed by atoms with van der Waals surface area (Å²) in [5.41, 5.74) is -0.0813. The second-order valence-corrected chi connectivity index (χ2v) is 6.53. The summed E-state index contributed by atoms with van der Waals surface area (Å²) in [5.74, 6) is 0.139. The van der Waals surface area contributed by atoms with Crippen LogP contribution in [-0.4, -0.2) is 35.6 Å². The van der Waals surface area contributed by atoms with Crippen molar-refractivity contribution in [3.05, 3.63) is 41.2 Å². The monoisotopic (exact) mass is 319 g/mol. The molecule has 3 heterocycles. The molecule has 0 amide bonds. The van der Waals surface area contributed by atoms with E-state index >= 15 is 4.39 Å². The topological polar surface area (TPSA) is 48.4 Å². The summed E-state index contributed by atoms with van der Waals surface area (Å²) in [6, 6.07) is 3.25. The molecule has 122 valence electrons. The Hall–Kier alpha value is -1.95. The van der Waals surface area contributed by atoms with Crippen molar-refractivity contribution >= 4 is 5.97 Å². The van der Waals surface area contributed by atoms with Crippen molar-refractivity contribution in [1.82, 2.24) is 4.98 Å². The fourth-order valence-corrected chi connectivity index (χ4v) is 3.85. The first-order chi connectivity index (χ1) is 11.0. The summed E-state index contributed by atoms with van der Waals surface area (Å²) in [4.78, 5) is 16.2. The average Bonchev–Trinajstić information content (AvgIpc) is 3.14. The lowest BCUT2D eigenvalue weighted by atomic mass is 9.81. The molecule has 0 radical (unpaired) electrons. The van der Waals surface area contributed by atoms with Crippen molar-refractivity contribution in [1.29, 1.82) is 0 Å². The number of aromatic nitrogens is 1. The number of nitrogens with zero attached hydrogens (tertiary/aromatic N) is 2. The molecular weight excluding hydrogens is 299 g/mol. The Morgan fingerprint density at radius 3 is 2.87 bits per heavy atom. The van der Waals surface area contributed by atoms with Gasteiger partial charge in [0.1, 0.15) is 6.10 Å². The summed E-state index contributed by atoms with van der Waals surface area (Å²) < 4.78 is 26.9. The van der Waals surface area contributed by atoms with Crippen LogP contribution in [0.4, 0.5) is 4.39 Å². The molecule has 3 aliphatic rings. The van der Waals surface area contributed by atoms with Gasteiger partial charge in [-0.2, -0.15) is 0 Å². The molecule has 0 N–H and O–H groups in total. The van der Waals surface area contributed by atoms with E-state index in [4.69, 9.17) is 4.74 Å². The van der Waals surface area contributed by atoms with Crippen LogP contribution in [-0.2, 0) is 19.9 Å². The highest BCUT2D eigenvalue weighted by atomic mass is 19.1. The van der Waals surface area contributed by atoms with E-state index in [1.165, 1.54) is 19.2 Å². The molecule has 1 aromatic heterocycles. The summed E-state index contributed by atoms with van der Waals surface area (Å²) >= 11 is 0. The number of hydrogen-bond acceptors (Lipinski definition) is 4. The highest BCUT2D eigenvalue weighted by Gasteiger charge is 2.62. The van der Waals surface area contributed by atoms with Gasteiger partial charge in [0.25, 0.3) is 0 Å². The lowest BCUT2D eigenvalue weighted by Gasteiger charge is -2.34. The Labute approximate surface area is 134 Å². The molecular formula is C17H20FN2O3+. The Bertz CT molecular complexity index is 714. The molecule has 6 heteroatoms. The number of rotatable bonds is 3. The van der Waals surface area contributed by atoms with Gasteiger partial charge in [0.05, 0.1) is 25.9 Å². The van der Waals surface area contributed by atoms with Gasteiger partial charge >= 0.3 is 11.9 Å². The SMILES string of the molecule is COC(=O)[C@]1(F)CC[C@@H](OC2=C(C)[N+]23CCC3)c2ncccc21. The van der Waals surface area contributed by atoms with E-state index in [1.54, 1.807) is 18.3 Å². The molecule has 1 spiro atoms. The second kappa shape index (κ2) is 4.77. The fraction of sp³-hybridized carbons (Fsp3) is 0.529. The number of carbonyl (C=O) groups excluding carboxylic acids is 1. The van der Waals surface area contributed by atoms with Crippen molar-refractivity contribution in [2.45, 2.75) is 38.0 Å². The van der Waals surface area contributed by atoms with E-state index in [-0.39, 0.29) is 18.1 Å². The fourth-order valence-electron chi connectivity index (χ4n) is 3.85. The van der Waals surface area contributed by atoms with Crippen LogP contribution >= 0.6 is 0 Å². The second-order valence-electron chi connectivity index (χ2n) is 6.53. The first kappa shape index (κ1) is 14.6. The molecule has 1 aliphatic carbocycles. The number of esters is 1. The predicted molar refractivity (Wildman–Crippen MR) is 79.4 cm³/mol. The van der Waals surface area contributed by atoms with Crippen molar-refractivity contribution in [3.63, 3.8) is 0 Å². The van der Waals surface area contributed by atoms with Crippen LogP contribution in [0.5, 0.6) is 0 Å². The van der Waals surface area contributed by atoms with Crippen molar-refractivity contribution in [3.8, 4) is 0 Å². The molecule has 2 atom stereocenters. The van der Waals surface area contributed by atoms with E-state index in [0.717, 1.165) is 23.5 Å². The Kier molecular flexibility index (Phi) is 3.04. The van der Waals surface area contributed by atoms with Crippen LogP contribution in [0.25, 0.3) is 0 Å². The Morgan fingerprint density at radius 1 is 1.48 bits per heavy atom. The number of halogens is 1. The Balaban J connectivity index is 1.64. The number of alkyl halides is 1. The molecule has 0 bridgehead atoms. The zero-order valence-electron chi connectivity index (χ0n) is 13.3. The lowest BCUT2D eigenvalue weighted by molar-refractivity contribution is -0.842. The molecule has 0 saturated carbocycles. The van der Waals surface area contributed by atoms with E-state index in [2.05, 4.69) is 16.6 Å². The number of pyridine rings is 1. The molecule has 4 rings (SSSR count). The van der Waals surface area contributed by atoms with Crippen LogP contribution in [0.15, 0.2) is 29.9 Å². The van der Waals surface area contributed by atoms with E-state index < -0.39 is 11.6 Å². The molecule has 5 nitrogen and oxygen atoms in total. The molecule has 0 unspecified atom stereocenters. The van der Waals surface area contributed by atoms with Gasteiger partial charge in [0.15, 0.2) is 0 Å². The third-order valence-corrected chi connectivity index (χ3v) is 5.45. The molecule has 1 saturated heterocycles. The number of methoxy groups -OCH3 is 1. The molecule has 1 aromatic rings. The van der Waals surface area contributed by atoms with Gasteiger partial charge in [-0.05, 0) is 12.5 Å². The number of allylic oxidation sites excluding steroid dienone is 1. The predicted octanol–water partition coefficient (Wildman–Crippen LogP) is 2.69. The maximum absolute atomic E-state index is 15.2. The number of quaternary nitrogens is 1. The zero-order chi connectivity index (χ0) is 16.2. The molecule has 23 heavy (non-hydrogen) atoms. The minimum absolute atomic E-state index is 0.0510. The lowest BCUT2D eigenvalue weighted by Crippen LogP contribution is -2.44. The van der Waals surface area contributed by atoms with Crippen LogP contribution < -0.4 is 0 Å². The van der Waals surface area contributed by atoms with E-state index in [0.29, 0.717) is 12.1 Å². The smallest absolute Gasteiger partial charge is 0.356 e. The summed E-state index contributed by atoms with van der Waals surface area (Å²) in [5, 5.41) is 0. The van der Waals surface area contributed by atoms with Crippen LogP contribution in [0, 0.1) is 0 Å². The Morgan fingerprint density at radius 2 is 2.26 bits per heavy atom. The third kappa shape index (κ3) is 1.87. The van der Waals surface area contributed by atoms with Gasteiger partial charge < -0.3 is 9.47 Å². The van der Waals surface area contributed by atoms with Crippen LogP contribution in [0.3, 0.4) is 0 Å². The van der Waals surface area contributed by atoms with Gasteiger partial charge in [-0.15, -0.1) is 0 Å². The average molecular weight is 319 g/mol. The highest BCUT2D eigenvalue weighted by Crippen LogP contribution is 2.53. The van der Waals surface area contributed by atoms with Crippen LogP contribution in [0.2, 0.25) is 0 Å². The van der Waals surface area contributed by atoms with E-state index in [1.807, 2.05) is 0 Å². The minimum atomic E-state index is -2.13. The van der Waals surface area contributed by atoms with Gasteiger partial charge in [-0.3, -0.25) is 4.98 Å². The normalized spacial score (nSPS) is 30.5. The maximum Gasteiger partial charge on any atom is 0.356 e. The van der Waals surface area contributed by atoms with Crippen LogP contribution in [0.1, 0.15) is 43.5 Å². The number of ether oxygens (including phenoxy) is 2. The van der Waals surface area contributed by atoms with Gasteiger partial charge in [-0.25, -0.2) is 13.7 Å². The number of hydrogen-bond donors (Lipinski definition) is 0. The maximum atomic E-state index is 15.2. The standard InChI is InChI=1S/C17H20FN2O3/c1-11-15(20(11)9-4-10-20)23-13-6-7-17(18,16(21)22-2)12-5-3-8-19-14(12)13/h3,5,8,13H,4,6-7,9-10H2,1-2H3/q+1/t13-,17+/m1/s1. The quantitative estimate of drug-likeness (QED) is 0.635. The van der Waals surface area contributed by atoms with Gasteiger partial charge in [0, 0.05) is 31.5 Å². The number of fused-ring (bicyclic) bond motifs is 1. The van der Waals surface area contributed by atoms with E-state index in [9.17, 15) is 4.79 Å². The summed E-state index contributed by atoms with van der Waals surface area (Å²) in [6.07, 6.45) is 2.98. The van der Waals surface area contributed by atoms with Gasteiger partial charge in [-0.1, -0.05) is 6.07 Å². The van der Waals surface area contributed by atoms with Crippen molar-refractivity contribution < 1.29 is 23.1 Å². The molecule has 0 aromatic carbocycles. The minimum Gasteiger partial charge on any atom is -0.466 e. The zero-order valence-corrected chi connectivity index (χ0v) is 13.3. The third-order valence-electron chi connectivity index (χ3n) is 5.45. The highest BCUT2D eigenvalue weighted by molar-refractivity contribution is 5.82. The largest absolute Gasteiger partial charge is 0.466 e. The van der Waals surface area contributed by atoms with Gasteiger partial charge in [0.2, 0.25) is 11.4 Å². The van der Waals surface area contributed by atoms with Crippen molar-refractivity contribution in [2.24, 2.45) is 0 Å². The number of carbonyl (C=O) groups is 1. The first-order valence-electron chi connectivity index (χ1n) is 8.01.